The Hall–Kier alpha value is -3.95. The topological polar surface area (TPSA) is 92.4 Å². The van der Waals surface area contributed by atoms with Crippen molar-refractivity contribution in [3.63, 3.8) is 0 Å². The smallest absolute Gasteiger partial charge is 0.337 e. The summed E-state index contributed by atoms with van der Waals surface area (Å²) < 4.78 is 12.1. The van der Waals surface area contributed by atoms with Crippen LogP contribution in [0.15, 0.2) is 42.6 Å². The van der Waals surface area contributed by atoms with Crippen LogP contribution in [-0.2, 0) is 16.0 Å². The summed E-state index contributed by atoms with van der Waals surface area (Å²) in [6, 6.07) is 14.0. The summed E-state index contributed by atoms with van der Waals surface area (Å²) in [6.07, 6.45) is 1.36. The molecular formula is C30H28N2O4. The van der Waals surface area contributed by atoms with Crippen molar-refractivity contribution in [2.24, 2.45) is 0 Å². The Labute approximate surface area is 210 Å². The van der Waals surface area contributed by atoms with Crippen LogP contribution < -0.4 is 4.74 Å². The summed E-state index contributed by atoms with van der Waals surface area (Å²) in [5, 5.41) is 22.8. The zero-order valence-corrected chi connectivity index (χ0v) is 21.1. The highest BCUT2D eigenvalue weighted by Gasteiger charge is 2.33. The molecule has 1 aliphatic heterocycles. The molecule has 0 saturated carbocycles. The van der Waals surface area contributed by atoms with Crippen molar-refractivity contribution in [2.75, 3.05) is 6.61 Å². The number of rotatable bonds is 4. The first kappa shape index (κ1) is 23.8. The monoisotopic (exact) mass is 480 g/mol. The highest BCUT2D eigenvalue weighted by molar-refractivity contribution is 6.10. The van der Waals surface area contributed by atoms with Crippen molar-refractivity contribution >= 4 is 27.6 Å². The maximum atomic E-state index is 12.6. The molecule has 0 spiro atoms. The minimum Gasteiger partial charge on any atom is -0.493 e. The highest BCUT2D eigenvalue weighted by atomic mass is 16.5. The van der Waals surface area contributed by atoms with Gasteiger partial charge < -0.3 is 14.6 Å². The van der Waals surface area contributed by atoms with Crippen molar-refractivity contribution < 1.29 is 19.4 Å². The third-order valence-corrected chi connectivity index (χ3v) is 6.69. The first-order valence-electron chi connectivity index (χ1n) is 12.0. The molecule has 1 N–H and O–H groups in total. The predicted octanol–water partition coefficient (Wildman–Crippen LogP) is 6.42. The second-order valence-electron chi connectivity index (χ2n) is 10.3. The zero-order valence-electron chi connectivity index (χ0n) is 21.1. The SMILES string of the molecule is Cc1cc2c(C#N)c(C)ccc2c(-c2ccc3c4c(ccnc24)CCO3)c1[C@H](OC(C)(C)C)C(=O)O. The summed E-state index contributed by atoms with van der Waals surface area (Å²) >= 11 is 0. The van der Waals surface area contributed by atoms with E-state index >= 15 is 0 Å². The number of hydrogen-bond acceptors (Lipinski definition) is 5. The molecular weight excluding hydrogens is 452 g/mol. The number of benzene rings is 3. The molecule has 3 aromatic carbocycles. The maximum absolute atomic E-state index is 12.6. The van der Waals surface area contributed by atoms with Gasteiger partial charge in [0.25, 0.3) is 0 Å². The fourth-order valence-electron chi connectivity index (χ4n) is 5.20. The second kappa shape index (κ2) is 8.61. The van der Waals surface area contributed by atoms with Gasteiger partial charge in [-0.25, -0.2) is 4.79 Å². The van der Waals surface area contributed by atoms with Crippen LogP contribution in [0.1, 0.15) is 54.7 Å². The van der Waals surface area contributed by atoms with Gasteiger partial charge >= 0.3 is 5.97 Å². The number of carboxylic acids is 1. The number of hydrogen-bond donors (Lipinski definition) is 1. The number of fused-ring (bicyclic) bond motifs is 1. The Bertz CT molecular complexity index is 1580. The van der Waals surface area contributed by atoms with Crippen LogP contribution in [0.2, 0.25) is 0 Å². The molecule has 2 heterocycles. The number of aliphatic carboxylic acids is 1. The van der Waals surface area contributed by atoms with Gasteiger partial charge in [0.05, 0.1) is 23.3 Å². The number of carboxylic acid groups (broad SMARTS) is 1. The van der Waals surface area contributed by atoms with Crippen LogP contribution in [0.4, 0.5) is 0 Å². The van der Waals surface area contributed by atoms with E-state index in [1.165, 1.54) is 0 Å². The number of pyridine rings is 1. The largest absolute Gasteiger partial charge is 0.493 e. The molecule has 4 aromatic rings. The van der Waals surface area contributed by atoms with Crippen LogP contribution in [0.25, 0.3) is 32.8 Å². The number of aromatic nitrogens is 1. The number of nitriles is 1. The Morgan fingerprint density at radius 1 is 1.14 bits per heavy atom. The molecule has 6 nitrogen and oxygen atoms in total. The lowest BCUT2D eigenvalue weighted by molar-refractivity contribution is -0.160. The molecule has 182 valence electrons. The normalized spacial score (nSPS) is 13.9. The summed E-state index contributed by atoms with van der Waals surface area (Å²) in [4.78, 5) is 17.4. The molecule has 0 aliphatic carbocycles. The van der Waals surface area contributed by atoms with E-state index in [1.54, 1.807) is 6.20 Å². The second-order valence-corrected chi connectivity index (χ2v) is 10.3. The van der Waals surface area contributed by atoms with Gasteiger partial charge in [-0.1, -0.05) is 12.1 Å². The number of ether oxygens (including phenoxy) is 2. The lowest BCUT2D eigenvalue weighted by Gasteiger charge is -2.29. The highest BCUT2D eigenvalue weighted by Crippen LogP contribution is 2.45. The average Bonchev–Trinajstić information content (AvgIpc) is 2.82. The third-order valence-electron chi connectivity index (χ3n) is 6.69. The van der Waals surface area contributed by atoms with Crippen LogP contribution in [0.3, 0.4) is 0 Å². The third kappa shape index (κ3) is 3.86. The molecule has 5 rings (SSSR count). The standard InChI is InChI=1S/C30H28N2O4/c1-16-6-7-19-21(22(16)15-31)14-17(2)24(28(29(33)34)36-30(3,4)5)26(19)20-8-9-23-25-18(11-13-35-23)10-12-32-27(20)25/h6-10,12,14,28H,11,13H2,1-5H3,(H,33,34)/t28-/m0/s1. The average molecular weight is 481 g/mol. The zero-order chi connectivity index (χ0) is 25.8. The summed E-state index contributed by atoms with van der Waals surface area (Å²) in [5.41, 5.74) is 5.47. The number of aryl methyl sites for hydroxylation is 2. The fourth-order valence-corrected chi connectivity index (χ4v) is 5.20. The number of nitrogens with zero attached hydrogens (tertiary/aromatic N) is 2. The lowest BCUT2D eigenvalue weighted by atomic mass is 9.84. The molecule has 0 saturated heterocycles. The quantitative estimate of drug-likeness (QED) is 0.362. The summed E-state index contributed by atoms with van der Waals surface area (Å²) in [6.45, 7) is 9.93. The van der Waals surface area contributed by atoms with E-state index < -0.39 is 17.7 Å². The molecule has 0 fully saturated rings. The summed E-state index contributed by atoms with van der Waals surface area (Å²) in [5.74, 6) is -0.295. The molecule has 0 unspecified atom stereocenters. The minimum absolute atomic E-state index is 0.567. The van der Waals surface area contributed by atoms with Crippen molar-refractivity contribution in [3.05, 3.63) is 70.4 Å². The maximum Gasteiger partial charge on any atom is 0.337 e. The first-order valence-corrected chi connectivity index (χ1v) is 12.0. The Morgan fingerprint density at radius 3 is 2.61 bits per heavy atom. The van der Waals surface area contributed by atoms with Gasteiger partial charge in [0.15, 0.2) is 6.10 Å². The van der Waals surface area contributed by atoms with E-state index in [0.717, 1.165) is 61.7 Å². The van der Waals surface area contributed by atoms with Crippen LogP contribution in [0.5, 0.6) is 5.75 Å². The van der Waals surface area contributed by atoms with Gasteiger partial charge in [-0.2, -0.15) is 5.26 Å². The van der Waals surface area contributed by atoms with Crippen molar-refractivity contribution in [2.45, 2.75) is 52.7 Å². The van der Waals surface area contributed by atoms with Gasteiger partial charge in [0.1, 0.15) is 11.8 Å². The van der Waals surface area contributed by atoms with Crippen LogP contribution >= 0.6 is 0 Å². The van der Waals surface area contributed by atoms with Gasteiger partial charge in [-0.05, 0) is 86.5 Å². The molecule has 0 bridgehead atoms. The van der Waals surface area contributed by atoms with Crippen molar-refractivity contribution in [1.82, 2.24) is 4.98 Å². The van der Waals surface area contributed by atoms with Gasteiger partial charge in [-0.3, -0.25) is 4.98 Å². The molecule has 1 atom stereocenters. The number of carbonyl (C=O) groups is 1. The predicted molar refractivity (Wildman–Crippen MR) is 139 cm³/mol. The Balaban J connectivity index is 1.96. The van der Waals surface area contributed by atoms with E-state index in [-0.39, 0.29) is 0 Å². The van der Waals surface area contributed by atoms with Crippen LogP contribution in [-0.4, -0.2) is 28.3 Å². The molecule has 6 heteroatoms. The van der Waals surface area contributed by atoms with E-state index in [4.69, 9.17) is 14.5 Å². The fraction of sp³-hybridized carbons (Fsp3) is 0.300. The van der Waals surface area contributed by atoms with Gasteiger partial charge in [0, 0.05) is 34.5 Å². The van der Waals surface area contributed by atoms with Crippen molar-refractivity contribution in [3.8, 4) is 22.9 Å². The minimum atomic E-state index is -1.21. The lowest BCUT2D eigenvalue weighted by Crippen LogP contribution is -2.28. The first-order chi connectivity index (χ1) is 17.1. The molecule has 36 heavy (non-hydrogen) atoms. The van der Waals surface area contributed by atoms with E-state index in [2.05, 4.69) is 6.07 Å². The van der Waals surface area contributed by atoms with E-state index in [9.17, 15) is 15.2 Å². The molecule has 1 aromatic heterocycles. The Morgan fingerprint density at radius 2 is 1.92 bits per heavy atom. The summed E-state index contributed by atoms with van der Waals surface area (Å²) in [7, 11) is 0. The van der Waals surface area contributed by atoms with E-state index in [0.29, 0.717) is 17.7 Å². The van der Waals surface area contributed by atoms with Crippen molar-refractivity contribution in [1.29, 1.82) is 5.26 Å². The molecule has 0 radical (unpaired) electrons. The van der Waals surface area contributed by atoms with E-state index in [1.807, 2.05) is 71.0 Å². The molecule has 1 aliphatic rings. The molecule has 0 amide bonds. The van der Waals surface area contributed by atoms with Gasteiger partial charge in [-0.15, -0.1) is 0 Å². The Kier molecular flexibility index (Phi) is 5.69. The van der Waals surface area contributed by atoms with Gasteiger partial charge in [0.2, 0.25) is 0 Å². The van der Waals surface area contributed by atoms with Crippen LogP contribution in [0, 0.1) is 25.2 Å².